The lowest BCUT2D eigenvalue weighted by Crippen LogP contribution is -2.16. The zero-order valence-electron chi connectivity index (χ0n) is 14.2. The Labute approximate surface area is 158 Å². The van der Waals surface area contributed by atoms with Crippen molar-refractivity contribution >= 4 is 27.5 Å². The summed E-state index contributed by atoms with van der Waals surface area (Å²) in [5.74, 6) is 0.184. The molecule has 4 nitrogen and oxygen atoms in total. The number of hydrogen-bond acceptors (Lipinski definition) is 3. The van der Waals surface area contributed by atoms with Gasteiger partial charge in [-0.3, -0.25) is 4.79 Å². The number of hydrogen-bond donors (Lipinski definition) is 2. The zero-order valence-corrected chi connectivity index (χ0v) is 15.8. The molecule has 0 radical (unpaired) electrons. The number of aryl methyl sites for hydroxylation is 1. The van der Waals surface area contributed by atoms with Crippen molar-refractivity contribution in [3.8, 4) is 5.75 Å². The number of ether oxygens (including phenoxy) is 1. The number of amides is 1. The van der Waals surface area contributed by atoms with Gasteiger partial charge in [-0.25, -0.2) is 0 Å². The monoisotopic (exact) mass is 433 g/mol. The maximum Gasteiger partial charge on any atom is 0.417 e. The lowest BCUT2D eigenvalue weighted by molar-refractivity contribution is -0.138. The summed E-state index contributed by atoms with van der Waals surface area (Å²) in [6.07, 6.45) is -4.50. The van der Waals surface area contributed by atoms with Gasteiger partial charge in [-0.05, 0) is 44.2 Å². The Hall–Kier alpha value is -2.06. The van der Waals surface area contributed by atoms with E-state index in [1.807, 2.05) is 31.2 Å². The SMILES string of the molecule is CCOc1ccc(C)cc1.O=C(CO)Nc1ccc(Br)c(C(F)(F)F)c1. The van der Waals surface area contributed by atoms with Crippen LogP contribution in [0.4, 0.5) is 18.9 Å². The molecule has 2 aromatic rings. The maximum atomic E-state index is 12.5. The van der Waals surface area contributed by atoms with Crippen LogP contribution in [0.3, 0.4) is 0 Å². The third-order valence-electron chi connectivity index (χ3n) is 3.03. The first-order valence-electron chi connectivity index (χ1n) is 7.64. The minimum atomic E-state index is -4.50. The first-order chi connectivity index (χ1) is 12.2. The van der Waals surface area contributed by atoms with Gasteiger partial charge >= 0.3 is 6.18 Å². The van der Waals surface area contributed by atoms with Crippen LogP contribution in [0.15, 0.2) is 46.9 Å². The van der Waals surface area contributed by atoms with Gasteiger partial charge in [0.05, 0.1) is 12.2 Å². The molecule has 0 spiro atoms. The van der Waals surface area contributed by atoms with Crippen LogP contribution < -0.4 is 10.1 Å². The lowest BCUT2D eigenvalue weighted by atomic mass is 10.2. The second kappa shape index (κ2) is 10.2. The van der Waals surface area contributed by atoms with Gasteiger partial charge < -0.3 is 15.2 Å². The van der Waals surface area contributed by atoms with Gasteiger partial charge in [0.1, 0.15) is 12.4 Å². The van der Waals surface area contributed by atoms with Crippen molar-refractivity contribution in [1.82, 2.24) is 0 Å². The second-order valence-electron chi connectivity index (χ2n) is 5.14. The van der Waals surface area contributed by atoms with E-state index in [1.54, 1.807) is 0 Å². The van der Waals surface area contributed by atoms with E-state index in [0.29, 0.717) is 0 Å². The van der Waals surface area contributed by atoms with Crippen LogP contribution in [0.25, 0.3) is 0 Å². The fourth-order valence-corrected chi connectivity index (χ4v) is 2.29. The highest BCUT2D eigenvalue weighted by Gasteiger charge is 2.33. The average molecular weight is 434 g/mol. The maximum absolute atomic E-state index is 12.5. The van der Waals surface area contributed by atoms with Crippen molar-refractivity contribution in [1.29, 1.82) is 0 Å². The Morgan fingerprint density at radius 2 is 1.81 bits per heavy atom. The van der Waals surface area contributed by atoms with Crippen molar-refractivity contribution in [2.75, 3.05) is 18.5 Å². The fourth-order valence-electron chi connectivity index (χ4n) is 1.82. The molecule has 0 unspecified atom stereocenters. The summed E-state index contributed by atoms with van der Waals surface area (Å²) in [5, 5.41) is 10.6. The van der Waals surface area contributed by atoms with Gasteiger partial charge in [0.15, 0.2) is 0 Å². The molecular formula is C18H19BrF3NO3. The Morgan fingerprint density at radius 3 is 2.31 bits per heavy atom. The quantitative estimate of drug-likeness (QED) is 0.728. The molecule has 0 saturated carbocycles. The molecule has 0 saturated heterocycles. The van der Waals surface area contributed by atoms with Crippen molar-refractivity contribution in [3.63, 3.8) is 0 Å². The predicted molar refractivity (Wildman–Crippen MR) is 97.2 cm³/mol. The molecule has 0 heterocycles. The number of benzene rings is 2. The number of anilines is 1. The Balaban J connectivity index is 0.000000289. The first-order valence-corrected chi connectivity index (χ1v) is 8.43. The zero-order chi connectivity index (χ0) is 19.7. The smallest absolute Gasteiger partial charge is 0.417 e. The highest BCUT2D eigenvalue weighted by molar-refractivity contribution is 9.10. The standard InChI is InChI=1S/C9H7BrF3NO2.C9H12O/c10-7-2-1-5(14-8(16)4-15)3-6(7)9(11,12)13;1-3-10-9-6-4-8(2)5-7-9/h1-3,15H,4H2,(H,14,16);4-7H,3H2,1-2H3. The normalized spacial score (nSPS) is 10.6. The molecular weight excluding hydrogens is 415 g/mol. The molecule has 0 bridgehead atoms. The highest BCUT2D eigenvalue weighted by Crippen LogP contribution is 2.36. The summed E-state index contributed by atoms with van der Waals surface area (Å²) < 4.78 is 42.5. The summed E-state index contributed by atoms with van der Waals surface area (Å²) in [6.45, 7) is 4.01. The summed E-state index contributed by atoms with van der Waals surface area (Å²) in [5.41, 5.74) is 0.362. The predicted octanol–water partition coefficient (Wildman–Crippen LogP) is 4.79. The average Bonchev–Trinajstić information content (AvgIpc) is 2.58. The molecule has 26 heavy (non-hydrogen) atoms. The van der Waals surface area contributed by atoms with Crippen LogP contribution in [-0.4, -0.2) is 24.2 Å². The van der Waals surface area contributed by atoms with Crippen LogP contribution in [0, 0.1) is 6.92 Å². The van der Waals surface area contributed by atoms with Crippen LogP contribution in [0.5, 0.6) is 5.75 Å². The molecule has 142 valence electrons. The van der Waals surface area contributed by atoms with E-state index in [2.05, 4.69) is 28.2 Å². The van der Waals surface area contributed by atoms with E-state index < -0.39 is 24.3 Å². The summed E-state index contributed by atoms with van der Waals surface area (Å²) >= 11 is 2.77. The Kier molecular flexibility index (Phi) is 8.60. The van der Waals surface area contributed by atoms with Crippen molar-refractivity contribution in [3.05, 3.63) is 58.1 Å². The number of nitrogens with one attached hydrogen (secondary N) is 1. The molecule has 1 amide bonds. The number of rotatable bonds is 4. The van der Waals surface area contributed by atoms with Crippen molar-refractivity contribution in [2.45, 2.75) is 20.0 Å². The van der Waals surface area contributed by atoms with Gasteiger partial charge in [-0.15, -0.1) is 0 Å². The number of aliphatic hydroxyl groups excluding tert-OH is 1. The number of halogens is 4. The van der Waals surface area contributed by atoms with Crippen LogP contribution in [-0.2, 0) is 11.0 Å². The van der Waals surface area contributed by atoms with Crippen LogP contribution in [0.1, 0.15) is 18.1 Å². The molecule has 2 aromatic carbocycles. The van der Waals surface area contributed by atoms with E-state index >= 15 is 0 Å². The summed E-state index contributed by atoms with van der Waals surface area (Å²) in [6, 6.07) is 11.3. The molecule has 2 rings (SSSR count). The number of carbonyl (C=O) groups excluding carboxylic acids is 1. The minimum Gasteiger partial charge on any atom is -0.494 e. The third kappa shape index (κ3) is 7.45. The van der Waals surface area contributed by atoms with E-state index in [0.717, 1.165) is 18.4 Å². The van der Waals surface area contributed by atoms with Gasteiger partial charge in [-0.1, -0.05) is 33.6 Å². The largest absolute Gasteiger partial charge is 0.494 e. The van der Waals surface area contributed by atoms with E-state index in [-0.39, 0.29) is 10.2 Å². The van der Waals surface area contributed by atoms with E-state index in [4.69, 9.17) is 9.84 Å². The summed E-state index contributed by atoms with van der Waals surface area (Å²) in [7, 11) is 0. The summed E-state index contributed by atoms with van der Waals surface area (Å²) in [4.78, 5) is 10.8. The Morgan fingerprint density at radius 1 is 1.19 bits per heavy atom. The highest BCUT2D eigenvalue weighted by atomic mass is 79.9. The molecule has 0 aromatic heterocycles. The van der Waals surface area contributed by atoms with E-state index in [1.165, 1.54) is 17.7 Å². The fraction of sp³-hybridized carbons (Fsp3) is 0.278. The molecule has 0 aliphatic heterocycles. The topological polar surface area (TPSA) is 58.6 Å². The van der Waals surface area contributed by atoms with Gasteiger partial charge in [0.2, 0.25) is 5.91 Å². The molecule has 0 atom stereocenters. The van der Waals surface area contributed by atoms with Crippen LogP contribution >= 0.6 is 15.9 Å². The number of carbonyl (C=O) groups is 1. The number of alkyl halides is 3. The molecule has 0 aliphatic rings. The molecule has 0 aliphatic carbocycles. The van der Waals surface area contributed by atoms with Crippen molar-refractivity contribution < 1.29 is 27.8 Å². The molecule has 0 fully saturated rings. The number of aliphatic hydroxyl groups is 1. The second-order valence-corrected chi connectivity index (χ2v) is 6.00. The minimum absolute atomic E-state index is 0.0189. The lowest BCUT2D eigenvalue weighted by Gasteiger charge is -2.11. The van der Waals surface area contributed by atoms with Gasteiger partial charge in [0, 0.05) is 10.2 Å². The van der Waals surface area contributed by atoms with Crippen molar-refractivity contribution in [2.24, 2.45) is 0 Å². The van der Waals surface area contributed by atoms with E-state index in [9.17, 15) is 18.0 Å². The van der Waals surface area contributed by atoms with Gasteiger partial charge in [-0.2, -0.15) is 13.2 Å². The van der Waals surface area contributed by atoms with Gasteiger partial charge in [0.25, 0.3) is 0 Å². The van der Waals surface area contributed by atoms with Crippen LogP contribution in [0.2, 0.25) is 0 Å². The first kappa shape index (κ1) is 22.0. The molecule has 8 heteroatoms. The third-order valence-corrected chi connectivity index (χ3v) is 3.72. The Bertz CT molecular complexity index is 719. The molecule has 2 N–H and O–H groups in total.